The largest absolute Gasteiger partial charge is 0.321 e. The van der Waals surface area contributed by atoms with Crippen LogP contribution in [0.3, 0.4) is 0 Å². The number of nitrogens with two attached hydrogens (primary N) is 1. The normalized spacial score (nSPS) is 35.7. The van der Waals surface area contributed by atoms with Gasteiger partial charge in [0.1, 0.15) is 0 Å². The zero-order valence-electron chi connectivity index (χ0n) is 9.15. The number of hydrogen-bond donors (Lipinski definition) is 1. The van der Waals surface area contributed by atoms with E-state index in [0.717, 1.165) is 11.8 Å². The Morgan fingerprint density at radius 2 is 1.73 bits per heavy atom. The fourth-order valence-corrected chi connectivity index (χ4v) is 3.33. The molecule has 2 atom stereocenters. The predicted molar refractivity (Wildman–Crippen MR) is 62.4 cm³/mol. The lowest BCUT2D eigenvalue weighted by Crippen LogP contribution is -2.24. The summed E-state index contributed by atoms with van der Waals surface area (Å²) >= 11 is 0. The highest BCUT2D eigenvalue weighted by atomic mass is 14.9. The lowest BCUT2D eigenvalue weighted by molar-refractivity contribution is 0.428. The predicted octanol–water partition coefficient (Wildman–Crippen LogP) is 3.05. The van der Waals surface area contributed by atoms with E-state index in [1.807, 2.05) is 0 Å². The second kappa shape index (κ2) is 3.34. The van der Waals surface area contributed by atoms with Crippen molar-refractivity contribution in [3.8, 4) is 0 Å². The maximum absolute atomic E-state index is 6.49. The molecular weight excluding hydrogens is 182 g/mol. The van der Waals surface area contributed by atoms with Crippen LogP contribution in [0.4, 0.5) is 0 Å². The summed E-state index contributed by atoms with van der Waals surface area (Å²) in [5.41, 5.74) is 7.86. The third-order valence-corrected chi connectivity index (χ3v) is 4.34. The van der Waals surface area contributed by atoms with Gasteiger partial charge < -0.3 is 5.73 Å². The van der Waals surface area contributed by atoms with Crippen LogP contribution in [0.15, 0.2) is 30.3 Å². The van der Waals surface area contributed by atoms with Crippen LogP contribution >= 0.6 is 0 Å². The monoisotopic (exact) mass is 201 g/mol. The van der Waals surface area contributed by atoms with Gasteiger partial charge in [-0.1, -0.05) is 56.0 Å². The van der Waals surface area contributed by atoms with E-state index in [0.29, 0.717) is 0 Å². The number of benzene rings is 1. The summed E-state index contributed by atoms with van der Waals surface area (Å²) in [6.45, 7) is 0. The SMILES string of the molecule is NC1(c2ccccc2)CC1C1CCCC1. The summed E-state index contributed by atoms with van der Waals surface area (Å²) < 4.78 is 0. The van der Waals surface area contributed by atoms with Gasteiger partial charge in [0, 0.05) is 5.54 Å². The first kappa shape index (κ1) is 9.41. The van der Waals surface area contributed by atoms with Gasteiger partial charge in [-0.3, -0.25) is 0 Å². The molecule has 0 amide bonds. The summed E-state index contributed by atoms with van der Waals surface area (Å²) in [4.78, 5) is 0. The van der Waals surface area contributed by atoms with Crippen LogP contribution < -0.4 is 5.73 Å². The minimum atomic E-state index is 0.0241. The van der Waals surface area contributed by atoms with Crippen molar-refractivity contribution in [2.45, 2.75) is 37.6 Å². The van der Waals surface area contributed by atoms with Crippen LogP contribution in [-0.4, -0.2) is 0 Å². The van der Waals surface area contributed by atoms with E-state index in [4.69, 9.17) is 5.73 Å². The minimum absolute atomic E-state index is 0.0241. The molecule has 2 N–H and O–H groups in total. The van der Waals surface area contributed by atoms with E-state index in [1.54, 1.807) is 0 Å². The molecule has 0 radical (unpaired) electrons. The quantitative estimate of drug-likeness (QED) is 0.782. The van der Waals surface area contributed by atoms with Crippen molar-refractivity contribution >= 4 is 0 Å². The van der Waals surface area contributed by atoms with Gasteiger partial charge in [0.25, 0.3) is 0 Å². The molecule has 0 spiro atoms. The summed E-state index contributed by atoms with van der Waals surface area (Å²) in [6, 6.07) is 10.7. The summed E-state index contributed by atoms with van der Waals surface area (Å²) in [5.74, 6) is 1.68. The summed E-state index contributed by atoms with van der Waals surface area (Å²) in [5, 5.41) is 0. The number of hydrogen-bond acceptors (Lipinski definition) is 1. The minimum Gasteiger partial charge on any atom is -0.321 e. The van der Waals surface area contributed by atoms with Gasteiger partial charge in [-0.25, -0.2) is 0 Å². The van der Waals surface area contributed by atoms with E-state index < -0.39 is 0 Å². The first-order valence-electron chi connectivity index (χ1n) is 6.15. The fraction of sp³-hybridized carbons (Fsp3) is 0.571. The zero-order chi connectivity index (χ0) is 10.3. The highest BCUT2D eigenvalue weighted by Crippen LogP contribution is 2.57. The second-order valence-corrected chi connectivity index (χ2v) is 5.26. The van der Waals surface area contributed by atoms with Crippen LogP contribution in [0.25, 0.3) is 0 Å². The molecule has 2 aliphatic rings. The number of rotatable bonds is 2. The van der Waals surface area contributed by atoms with Crippen LogP contribution in [0.1, 0.15) is 37.7 Å². The average molecular weight is 201 g/mol. The average Bonchev–Trinajstić information content (AvgIpc) is 2.77. The third-order valence-electron chi connectivity index (χ3n) is 4.34. The zero-order valence-corrected chi connectivity index (χ0v) is 9.15. The lowest BCUT2D eigenvalue weighted by atomic mass is 9.94. The molecule has 80 valence electrons. The van der Waals surface area contributed by atoms with Crippen LogP contribution in [0, 0.1) is 11.8 Å². The van der Waals surface area contributed by atoms with Crippen molar-refractivity contribution in [2.24, 2.45) is 17.6 Å². The maximum atomic E-state index is 6.49. The van der Waals surface area contributed by atoms with E-state index in [2.05, 4.69) is 30.3 Å². The highest BCUT2D eigenvalue weighted by molar-refractivity contribution is 5.32. The van der Waals surface area contributed by atoms with Gasteiger partial charge in [0.15, 0.2) is 0 Å². The standard InChI is InChI=1S/C14H19N/c15-14(12-8-2-1-3-9-12)10-13(14)11-6-4-5-7-11/h1-3,8-9,11,13H,4-7,10,15H2. The second-order valence-electron chi connectivity index (χ2n) is 5.26. The molecule has 15 heavy (non-hydrogen) atoms. The Morgan fingerprint density at radius 1 is 1.07 bits per heavy atom. The third kappa shape index (κ3) is 1.50. The molecule has 0 bridgehead atoms. The van der Waals surface area contributed by atoms with Crippen molar-refractivity contribution in [1.29, 1.82) is 0 Å². The molecule has 1 heteroatoms. The molecular formula is C14H19N. The smallest absolute Gasteiger partial charge is 0.0445 e. The van der Waals surface area contributed by atoms with Crippen molar-refractivity contribution in [3.05, 3.63) is 35.9 Å². The molecule has 0 heterocycles. The molecule has 1 aromatic rings. The fourth-order valence-electron chi connectivity index (χ4n) is 3.33. The molecule has 1 nitrogen and oxygen atoms in total. The van der Waals surface area contributed by atoms with Crippen molar-refractivity contribution in [1.82, 2.24) is 0 Å². The molecule has 0 aromatic heterocycles. The highest BCUT2D eigenvalue weighted by Gasteiger charge is 2.55. The van der Waals surface area contributed by atoms with E-state index >= 15 is 0 Å². The molecule has 2 aliphatic carbocycles. The Hall–Kier alpha value is -0.820. The van der Waals surface area contributed by atoms with E-state index in [1.165, 1.54) is 37.7 Å². The van der Waals surface area contributed by atoms with Gasteiger partial charge in [-0.05, 0) is 23.8 Å². The van der Waals surface area contributed by atoms with E-state index in [-0.39, 0.29) is 5.54 Å². The molecule has 0 saturated heterocycles. The van der Waals surface area contributed by atoms with Gasteiger partial charge >= 0.3 is 0 Å². The Morgan fingerprint density at radius 3 is 2.40 bits per heavy atom. The van der Waals surface area contributed by atoms with Crippen molar-refractivity contribution < 1.29 is 0 Å². The summed E-state index contributed by atoms with van der Waals surface area (Å²) in [6.07, 6.45) is 6.88. The first-order valence-corrected chi connectivity index (χ1v) is 6.15. The van der Waals surface area contributed by atoms with Crippen LogP contribution in [-0.2, 0) is 5.54 Å². The van der Waals surface area contributed by atoms with Gasteiger partial charge in [0.05, 0.1) is 0 Å². The Bertz CT molecular complexity index is 340. The van der Waals surface area contributed by atoms with Gasteiger partial charge in [-0.15, -0.1) is 0 Å². The molecule has 3 rings (SSSR count). The molecule has 2 fully saturated rings. The van der Waals surface area contributed by atoms with E-state index in [9.17, 15) is 0 Å². The molecule has 2 saturated carbocycles. The molecule has 1 aromatic carbocycles. The Balaban J connectivity index is 1.78. The topological polar surface area (TPSA) is 26.0 Å². The Labute approximate surface area is 91.7 Å². The Kier molecular flexibility index (Phi) is 2.10. The summed E-state index contributed by atoms with van der Waals surface area (Å²) in [7, 11) is 0. The lowest BCUT2D eigenvalue weighted by Gasteiger charge is -2.15. The van der Waals surface area contributed by atoms with Crippen LogP contribution in [0.5, 0.6) is 0 Å². The molecule has 0 aliphatic heterocycles. The van der Waals surface area contributed by atoms with Crippen molar-refractivity contribution in [3.63, 3.8) is 0 Å². The van der Waals surface area contributed by atoms with Crippen molar-refractivity contribution in [2.75, 3.05) is 0 Å². The maximum Gasteiger partial charge on any atom is 0.0445 e. The first-order chi connectivity index (χ1) is 7.31. The van der Waals surface area contributed by atoms with Gasteiger partial charge in [-0.2, -0.15) is 0 Å². The van der Waals surface area contributed by atoms with Gasteiger partial charge in [0.2, 0.25) is 0 Å². The molecule has 2 unspecified atom stereocenters. The van der Waals surface area contributed by atoms with Crippen LogP contribution in [0.2, 0.25) is 0 Å².